The lowest BCUT2D eigenvalue weighted by atomic mass is 10.0. The van der Waals surface area contributed by atoms with Gasteiger partial charge in [-0.05, 0) is 24.1 Å². The van der Waals surface area contributed by atoms with E-state index >= 15 is 0 Å². The van der Waals surface area contributed by atoms with Gasteiger partial charge in [-0.25, -0.2) is 5.43 Å². The maximum Gasteiger partial charge on any atom is 0.304 e. The number of carboxylic acid groups (broad SMARTS) is 1. The first-order chi connectivity index (χ1) is 8.72. The number of benzene rings is 1. The number of nitrogens with one attached hydrogen (secondary N) is 2. The van der Waals surface area contributed by atoms with Crippen molar-refractivity contribution in [2.45, 2.75) is 24.9 Å². The first-order valence-corrected chi connectivity index (χ1v) is 5.85. The first-order valence-electron chi connectivity index (χ1n) is 5.85. The molecule has 6 nitrogen and oxygen atoms in total. The summed E-state index contributed by atoms with van der Waals surface area (Å²) in [6.45, 7) is 0.261. The molecular weight excluding hydrogens is 236 g/mol. The molecule has 2 atom stereocenters. The molecule has 0 bridgehead atoms. The average Bonchev–Trinajstić information content (AvgIpc) is 2.95. The largest absolute Gasteiger partial charge is 0.481 e. The van der Waals surface area contributed by atoms with Crippen LogP contribution in [0.5, 0.6) is 11.5 Å². The van der Waals surface area contributed by atoms with E-state index in [1.807, 2.05) is 18.2 Å². The zero-order valence-corrected chi connectivity index (χ0v) is 9.68. The van der Waals surface area contributed by atoms with E-state index in [2.05, 4.69) is 10.9 Å². The third-order valence-corrected chi connectivity index (χ3v) is 3.20. The zero-order valence-electron chi connectivity index (χ0n) is 9.68. The molecule has 1 aromatic carbocycles. The van der Waals surface area contributed by atoms with Gasteiger partial charge in [-0.3, -0.25) is 10.2 Å². The number of aliphatic carboxylic acids is 1. The van der Waals surface area contributed by atoms with E-state index in [1.165, 1.54) is 0 Å². The lowest BCUT2D eigenvalue weighted by Crippen LogP contribution is -2.32. The molecule has 6 heteroatoms. The van der Waals surface area contributed by atoms with Gasteiger partial charge in [-0.2, -0.15) is 0 Å². The summed E-state index contributed by atoms with van der Waals surface area (Å²) in [6, 6.07) is 5.84. The van der Waals surface area contributed by atoms with Crippen LogP contribution in [0.25, 0.3) is 0 Å². The van der Waals surface area contributed by atoms with Crippen LogP contribution in [0.4, 0.5) is 0 Å². The minimum atomic E-state index is -0.791. The van der Waals surface area contributed by atoms with Crippen molar-refractivity contribution in [2.75, 3.05) is 6.79 Å². The van der Waals surface area contributed by atoms with E-state index in [4.69, 9.17) is 14.6 Å². The van der Waals surface area contributed by atoms with E-state index in [0.29, 0.717) is 0 Å². The van der Waals surface area contributed by atoms with E-state index in [1.54, 1.807) is 0 Å². The Balaban J connectivity index is 1.71. The highest BCUT2D eigenvalue weighted by molar-refractivity contribution is 5.67. The number of hydrogen-bond donors (Lipinski definition) is 3. The Morgan fingerprint density at radius 1 is 1.33 bits per heavy atom. The van der Waals surface area contributed by atoms with Crippen molar-refractivity contribution >= 4 is 5.97 Å². The van der Waals surface area contributed by atoms with Gasteiger partial charge in [0.05, 0.1) is 6.42 Å². The van der Waals surface area contributed by atoms with Crippen LogP contribution in [0.3, 0.4) is 0 Å². The Kier molecular flexibility index (Phi) is 2.81. The summed E-state index contributed by atoms with van der Waals surface area (Å²) in [5.41, 5.74) is 7.18. The summed E-state index contributed by atoms with van der Waals surface area (Å²) >= 11 is 0. The second-order valence-electron chi connectivity index (χ2n) is 4.48. The number of rotatable bonds is 3. The summed E-state index contributed by atoms with van der Waals surface area (Å²) in [4.78, 5) is 10.6. The molecule has 0 aliphatic carbocycles. The quantitative estimate of drug-likeness (QED) is 0.736. The van der Waals surface area contributed by atoms with Crippen molar-refractivity contribution in [1.29, 1.82) is 0 Å². The average molecular weight is 250 g/mol. The molecule has 1 saturated heterocycles. The highest BCUT2D eigenvalue weighted by Crippen LogP contribution is 2.35. The molecule has 1 aromatic rings. The summed E-state index contributed by atoms with van der Waals surface area (Å²) in [7, 11) is 0. The van der Waals surface area contributed by atoms with Crippen LogP contribution >= 0.6 is 0 Å². The van der Waals surface area contributed by atoms with Crippen LogP contribution in [0.1, 0.15) is 24.4 Å². The Labute approximate surface area is 104 Å². The minimum Gasteiger partial charge on any atom is -0.481 e. The standard InChI is InChI=1S/C12H14N2O4/c15-12(16)5-8-4-9(14-13-8)7-1-2-10-11(3-7)18-6-17-10/h1-3,8-9,13-14H,4-6H2,(H,15,16). The third kappa shape index (κ3) is 2.12. The monoisotopic (exact) mass is 250 g/mol. The van der Waals surface area contributed by atoms with Crippen molar-refractivity contribution in [2.24, 2.45) is 0 Å². The molecule has 2 aliphatic heterocycles. The van der Waals surface area contributed by atoms with E-state index in [9.17, 15) is 4.79 Å². The highest BCUT2D eigenvalue weighted by atomic mass is 16.7. The van der Waals surface area contributed by atoms with Gasteiger partial charge >= 0.3 is 5.97 Å². The fourth-order valence-corrected chi connectivity index (χ4v) is 2.32. The molecule has 0 radical (unpaired) electrons. The predicted octanol–water partition coefficient (Wildman–Crippen LogP) is 0.798. The Bertz CT molecular complexity index is 477. The molecular formula is C12H14N2O4. The Hall–Kier alpha value is -1.79. The van der Waals surface area contributed by atoms with E-state index in [-0.39, 0.29) is 25.3 Å². The summed E-state index contributed by atoms with van der Waals surface area (Å²) in [6.07, 6.45) is 0.861. The van der Waals surface area contributed by atoms with Crippen molar-refractivity contribution in [3.05, 3.63) is 23.8 Å². The molecule has 2 unspecified atom stereocenters. The number of hydrazine groups is 1. The van der Waals surface area contributed by atoms with Gasteiger partial charge in [-0.15, -0.1) is 0 Å². The van der Waals surface area contributed by atoms with E-state index in [0.717, 1.165) is 23.5 Å². The summed E-state index contributed by atoms with van der Waals surface area (Å²) in [5, 5.41) is 8.75. The van der Waals surface area contributed by atoms with Crippen LogP contribution in [-0.4, -0.2) is 23.9 Å². The van der Waals surface area contributed by atoms with Gasteiger partial charge in [0.1, 0.15) is 0 Å². The number of hydrogen-bond acceptors (Lipinski definition) is 5. The summed E-state index contributed by atoms with van der Waals surface area (Å²) in [5.74, 6) is 0.711. The molecule has 3 N–H and O–H groups in total. The maximum atomic E-state index is 10.6. The molecule has 3 rings (SSSR count). The molecule has 0 saturated carbocycles. The van der Waals surface area contributed by atoms with Crippen LogP contribution in [-0.2, 0) is 4.79 Å². The number of ether oxygens (including phenoxy) is 2. The Morgan fingerprint density at radius 2 is 2.17 bits per heavy atom. The van der Waals surface area contributed by atoms with Crippen LogP contribution in [0.15, 0.2) is 18.2 Å². The van der Waals surface area contributed by atoms with Gasteiger partial charge in [-0.1, -0.05) is 6.07 Å². The highest BCUT2D eigenvalue weighted by Gasteiger charge is 2.27. The van der Waals surface area contributed by atoms with Crippen molar-refractivity contribution in [3.63, 3.8) is 0 Å². The predicted molar refractivity (Wildman–Crippen MR) is 62.2 cm³/mol. The molecule has 0 aromatic heterocycles. The smallest absolute Gasteiger partial charge is 0.304 e. The van der Waals surface area contributed by atoms with Gasteiger partial charge in [0.15, 0.2) is 11.5 Å². The minimum absolute atomic E-state index is 0.0436. The SMILES string of the molecule is O=C(O)CC1CC(c2ccc3c(c2)OCO3)NN1. The van der Waals surface area contributed by atoms with E-state index < -0.39 is 5.97 Å². The molecule has 0 amide bonds. The van der Waals surface area contributed by atoms with Crippen molar-refractivity contribution < 1.29 is 19.4 Å². The topological polar surface area (TPSA) is 79.8 Å². The molecule has 1 fully saturated rings. The van der Waals surface area contributed by atoms with Gasteiger partial charge in [0, 0.05) is 12.1 Å². The van der Waals surface area contributed by atoms with Crippen molar-refractivity contribution in [1.82, 2.24) is 10.9 Å². The zero-order chi connectivity index (χ0) is 12.5. The molecule has 2 aliphatic rings. The first kappa shape index (κ1) is 11.3. The molecule has 2 heterocycles. The lowest BCUT2D eigenvalue weighted by Gasteiger charge is -2.10. The van der Waals surface area contributed by atoms with Crippen LogP contribution < -0.4 is 20.3 Å². The Morgan fingerprint density at radius 3 is 3.00 bits per heavy atom. The third-order valence-electron chi connectivity index (χ3n) is 3.20. The van der Waals surface area contributed by atoms with Crippen LogP contribution in [0.2, 0.25) is 0 Å². The summed E-state index contributed by atoms with van der Waals surface area (Å²) < 4.78 is 10.6. The number of fused-ring (bicyclic) bond motifs is 1. The van der Waals surface area contributed by atoms with Gasteiger partial charge < -0.3 is 14.6 Å². The fraction of sp³-hybridized carbons (Fsp3) is 0.417. The normalized spacial score (nSPS) is 25.3. The number of carboxylic acids is 1. The molecule has 96 valence electrons. The second kappa shape index (κ2) is 4.47. The van der Waals surface area contributed by atoms with Gasteiger partial charge in [0.2, 0.25) is 6.79 Å². The molecule has 0 spiro atoms. The molecule has 18 heavy (non-hydrogen) atoms. The second-order valence-corrected chi connectivity index (χ2v) is 4.48. The van der Waals surface area contributed by atoms with Crippen molar-refractivity contribution in [3.8, 4) is 11.5 Å². The maximum absolute atomic E-state index is 10.6. The fourth-order valence-electron chi connectivity index (χ4n) is 2.32. The number of carbonyl (C=O) groups is 1. The lowest BCUT2D eigenvalue weighted by molar-refractivity contribution is -0.137. The van der Waals surface area contributed by atoms with Crippen LogP contribution in [0, 0.1) is 0 Å². The van der Waals surface area contributed by atoms with Gasteiger partial charge in [0.25, 0.3) is 0 Å².